The van der Waals surface area contributed by atoms with Crippen molar-refractivity contribution in [1.82, 2.24) is 4.90 Å². The molecule has 1 fully saturated rings. The Balaban J connectivity index is 2.31. The van der Waals surface area contributed by atoms with E-state index in [0.29, 0.717) is 0 Å². The van der Waals surface area contributed by atoms with Crippen LogP contribution >= 0.6 is 0 Å². The quantitative estimate of drug-likeness (QED) is 0.847. The smallest absolute Gasteiger partial charge is 0.315 e. The summed E-state index contributed by atoms with van der Waals surface area (Å²) in [6, 6.07) is 9.40. The van der Waals surface area contributed by atoms with E-state index in [0.717, 1.165) is 5.56 Å². The zero-order valence-corrected chi connectivity index (χ0v) is 11.1. The van der Waals surface area contributed by atoms with Crippen LogP contribution in [0.1, 0.15) is 25.5 Å². The van der Waals surface area contributed by atoms with Gasteiger partial charge in [0.05, 0.1) is 6.04 Å². The highest BCUT2D eigenvalue weighted by Crippen LogP contribution is 2.39. The molecule has 1 saturated heterocycles. The molecule has 1 aromatic carbocycles. The van der Waals surface area contributed by atoms with Crippen LogP contribution in [0.5, 0.6) is 0 Å². The van der Waals surface area contributed by atoms with E-state index < -0.39 is 11.4 Å². The third-order valence-electron chi connectivity index (χ3n) is 3.89. The number of likely N-dealkylation sites (tertiary alicyclic amines) is 1. The molecule has 1 aliphatic rings. The van der Waals surface area contributed by atoms with Crippen LogP contribution < -0.4 is 0 Å². The zero-order valence-electron chi connectivity index (χ0n) is 11.1. The molecule has 2 atom stereocenters. The van der Waals surface area contributed by atoms with Crippen LogP contribution in [-0.4, -0.2) is 28.4 Å². The normalized spacial score (nSPS) is 24.6. The third kappa shape index (κ3) is 2.03. The van der Waals surface area contributed by atoms with Crippen molar-refractivity contribution in [3.63, 3.8) is 0 Å². The van der Waals surface area contributed by atoms with E-state index in [1.807, 2.05) is 37.3 Å². The van der Waals surface area contributed by atoms with Gasteiger partial charge in [-0.15, -0.1) is 0 Å². The van der Waals surface area contributed by atoms with Crippen molar-refractivity contribution in [3.8, 4) is 0 Å². The Labute approximate surface area is 112 Å². The average molecular weight is 259 g/mol. The first kappa shape index (κ1) is 13.3. The Morgan fingerprint density at radius 3 is 2.47 bits per heavy atom. The Morgan fingerprint density at radius 1 is 1.42 bits per heavy atom. The van der Waals surface area contributed by atoms with E-state index in [-0.39, 0.29) is 24.1 Å². The first-order valence-corrected chi connectivity index (χ1v) is 6.16. The highest BCUT2D eigenvalue weighted by molar-refractivity contribution is 6.03. The van der Waals surface area contributed by atoms with Gasteiger partial charge < -0.3 is 10.0 Å². The van der Waals surface area contributed by atoms with Crippen molar-refractivity contribution >= 4 is 11.9 Å². The zero-order chi connectivity index (χ0) is 14.2. The lowest BCUT2D eigenvalue weighted by atomic mass is 9.86. The fraction of sp³-hybridized carbons (Fsp3) is 0.333. The van der Waals surface area contributed by atoms with Gasteiger partial charge >= 0.3 is 5.97 Å². The topological polar surface area (TPSA) is 57.6 Å². The average Bonchev–Trinajstić information content (AvgIpc) is 2.65. The predicted molar refractivity (Wildman–Crippen MR) is 71.5 cm³/mol. The van der Waals surface area contributed by atoms with Crippen molar-refractivity contribution < 1.29 is 14.7 Å². The predicted octanol–water partition coefficient (Wildman–Crippen LogP) is 2.24. The third-order valence-corrected chi connectivity index (χ3v) is 3.89. The second-order valence-corrected chi connectivity index (χ2v) is 5.14. The maximum atomic E-state index is 12.2. The number of amides is 1. The van der Waals surface area contributed by atoms with Crippen LogP contribution in [0.3, 0.4) is 0 Å². The summed E-state index contributed by atoms with van der Waals surface area (Å²) < 4.78 is 0. The summed E-state index contributed by atoms with van der Waals surface area (Å²) in [6.07, 6.45) is 0. The van der Waals surface area contributed by atoms with E-state index in [1.54, 1.807) is 11.8 Å². The maximum absolute atomic E-state index is 12.2. The molecule has 0 bridgehead atoms. The fourth-order valence-electron chi connectivity index (χ4n) is 2.34. The van der Waals surface area contributed by atoms with Crippen molar-refractivity contribution in [2.75, 3.05) is 6.54 Å². The minimum Gasteiger partial charge on any atom is -0.481 e. The van der Waals surface area contributed by atoms with Gasteiger partial charge in [-0.25, -0.2) is 0 Å². The number of carboxylic acids is 1. The highest BCUT2D eigenvalue weighted by atomic mass is 16.4. The first-order valence-electron chi connectivity index (χ1n) is 6.16. The summed E-state index contributed by atoms with van der Waals surface area (Å²) in [5, 5.41) is 9.29. The van der Waals surface area contributed by atoms with Crippen molar-refractivity contribution in [1.29, 1.82) is 0 Å². The van der Waals surface area contributed by atoms with Gasteiger partial charge in [-0.1, -0.05) is 36.9 Å². The number of aliphatic carboxylic acids is 1. The molecule has 0 radical (unpaired) electrons. The van der Waals surface area contributed by atoms with Gasteiger partial charge in [0.2, 0.25) is 0 Å². The molecule has 0 aromatic heterocycles. The van der Waals surface area contributed by atoms with Gasteiger partial charge in [0.25, 0.3) is 5.91 Å². The largest absolute Gasteiger partial charge is 0.481 e. The monoisotopic (exact) mass is 259 g/mol. The molecule has 2 rings (SSSR count). The van der Waals surface area contributed by atoms with E-state index in [9.17, 15) is 14.7 Å². The molecule has 4 heteroatoms. The molecule has 0 unspecified atom stereocenters. The minimum atomic E-state index is -1.19. The molecule has 19 heavy (non-hydrogen) atoms. The van der Waals surface area contributed by atoms with Crippen LogP contribution in [0.4, 0.5) is 0 Å². The molecule has 1 aliphatic heterocycles. The van der Waals surface area contributed by atoms with Crippen LogP contribution in [0, 0.1) is 5.41 Å². The number of benzene rings is 1. The lowest BCUT2D eigenvalue weighted by molar-refractivity contribution is -0.145. The molecule has 4 nitrogen and oxygen atoms in total. The maximum Gasteiger partial charge on any atom is 0.315 e. The summed E-state index contributed by atoms with van der Waals surface area (Å²) in [5.41, 5.74) is -0.0544. The Kier molecular flexibility index (Phi) is 3.18. The van der Waals surface area contributed by atoms with Crippen LogP contribution in [0.2, 0.25) is 0 Å². The molecule has 1 aromatic rings. The number of hydrogen-bond donors (Lipinski definition) is 1. The van der Waals surface area contributed by atoms with Gasteiger partial charge in [0.1, 0.15) is 5.41 Å². The van der Waals surface area contributed by atoms with Crippen molar-refractivity contribution in [2.45, 2.75) is 19.9 Å². The number of carbonyl (C=O) groups is 2. The molecular weight excluding hydrogens is 242 g/mol. The molecule has 100 valence electrons. The lowest BCUT2D eigenvalue weighted by Crippen LogP contribution is -2.33. The summed E-state index contributed by atoms with van der Waals surface area (Å²) >= 11 is 0. The number of hydrogen-bond acceptors (Lipinski definition) is 2. The molecule has 1 amide bonds. The molecule has 0 saturated carbocycles. The van der Waals surface area contributed by atoms with E-state index in [4.69, 9.17) is 0 Å². The van der Waals surface area contributed by atoms with Crippen LogP contribution in [0.25, 0.3) is 0 Å². The summed E-state index contributed by atoms with van der Waals surface area (Å²) in [7, 11) is 0. The number of carbonyl (C=O) groups excluding carboxylic acids is 1. The SMILES string of the molecule is C=C1C(=O)N([C@H](C)c2ccccc2)C[C@@]1(C)C(=O)O. The Hall–Kier alpha value is -2.10. The van der Waals surface area contributed by atoms with Gasteiger partial charge in [-0.05, 0) is 19.4 Å². The number of nitrogens with zero attached hydrogens (tertiary/aromatic N) is 1. The highest BCUT2D eigenvalue weighted by Gasteiger charge is 2.50. The van der Waals surface area contributed by atoms with Gasteiger partial charge in [0.15, 0.2) is 0 Å². The standard InChI is InChI=1S/C15H17NO3/c1-10-13(17)16(9-15(10,3)14(18)19)11(2)12-7-5-4-6-8-12/h4-8,11H,1,9H2,2-3H3,(H,18,19)/t11-,15-/m1/s1. The van der Waals surface area contributed by atoms with Crippen molar-refractivity contribution in [3.05, 3.63) is 48.0 Å². The molecule has 1 heterocycles. The fourth-order valence-corrected chi connectivity index (χ4v) is 2.34. The Morgan fingerprint density at radius 2 is 2.00 bits per heavy atom. The summed E-state index contributed by atoms with van der Waals surface area (Å²) in [5.74, 6) is -1.28. The Bertz CT molecular complexity index is 538. The van der Waals surface area contributed by atoms with Gasteiger partial charge in [0, 0.05) is 12.1 Å². The molecule has 1 N–H and O–H groups in total. The molecule has 0 aliphatic carbocycles. The van der Waals surface area contributed by atoms with Crippen LogP contribution in [-0.2, 0) is 9.59 Å². The first-order chi connectivity index (χ1) is 8.88. The number of rotatable bonds is 3. The van der Waals surface area contributed by atoms with Gasteiger partial charge in [-0.3, -0.25) is 9.59 Å². The summed E-state index contributed by atoms with van der Waals surface area (Å²) in [6.45, 7) is 7.27. The van der Waals surface area contributed by atoms with E-state index in [2.05, 4.69) is 6.58 Å². The van der Waals surface area contributed by atoms with Gasteiger partial charge in [-0.2, -0.15) is 0 Å². The second-order valence-electron chi connectivity index (χ2n) is 5.14. The molecule has 0 spiro atoms. The number of carboxylic acid groups (broad SMARTS) is 1. The minimum absolute atomic E-state index is 0.155. The van der Waals surface area contributed by atoms with Crippen LogP contribution in [0.15, 0.2) is 42.5 Å². The lowest BCUT2D eigenvalue weighted by Gasteiger charge is -2.26. The summed E-state index contributed by atoms with van der Waals surface area (Å²) in [4.78, 5) is 25.1. The van der Waals surface area contributed by atoms with E-state index >= 15 is 0 Å². The van der Waals surface area contributed by atoms with Crippen molar-refractivity contribution in [2.24, 2.45) is 5.41 Å². The van der Waals surface area contributed by atoms with E-state index in [1.165, 1.54) is 0 Å². The second kappa shape index (κ2) is 4.53. The molecular formula is C15H17NO3.